The summed E-state index contributed by atoms with van der Waals surface area (Å²) >= 11 is 1.27. The minimum absolute atomic E-state index is 0. The van der Waals surface area contributed by atoms with Gasteiger partial charge in [-0.05, 0) is 29.7 Å². The van der Waals surface area contributed by atoms with E-state index in [1.54, 1.807) is 18.6 Å². The van der Waals surface area contributed by atoms with Crippen LogP contribution in [0.1, 0.15) is 9.67 Å². The molecule has 7 heteroatoms. The molecule has 0 aliphatic rings. The highest BCUT2D eigenvalue weighted by Gasteiger charge is 2.08. The lowest BCUT2D eigenvalue weighted by Gasteiger charge is -2.06. The Hall–Kier alpha value is -2.05. The maximum absolute atomic E-state index is 10.9. The highest BCUT2D eigenvalue weighted by Crippen LogP contribution is 2.29. The predicted molar refractivity (Wildman–Crippen MR) is 83.8 cm³/mol. The molecule has 1 N–H and O–H groups in total. The van der Waals surface area contributed by atoms with E-state index in [1.807, 2.05) is 29.0 Å². The van der Waals surface area contributed by atoms with Gasteiger partial charge in [-0.15, -0.1) is 23.7 Å². The fourth-order valence-corrected chi connectivity index (χ4v) is 2.79. The van der Waals surface area contributed by atoms with Gasteiger partial charge in [0.15, 0.2) is 0 Å². The number of nitrogens with zero attached hydrogens (tertiary/aromatic N) is 2. The van der Waals surface area contributed by atoms with Crippen LogP contribution in [0.25, 0.3) is 10.1 Å². The van der Waals surface area contributed by atoms with Crippen LogP contribution in [0.15, 0.2) is 43.0 Å². The Morgan fingerprint density at radius 3 is 2.95 bits per heavy atom. The zero-order valence-electron chi connectivity index (χ0n) is 10.9. The van der Waals surface area contributed by atoms with Gasteiger partial charge in [-0.2, -0.15) is 0 Å². The van der Waals surface area contributed by atoms with Crippen molar-refractivity contribution in [1.82, 2.24) is 9.55 Å². The van der Waals surface area contributed by atoms with Crippen LogP contribution in [-0.4, -0.2) is 27.2 Å². The Balaban J connectivity index is 0.00000161. The van der Waals surface area contributed by atoms with E-state index in [4.69, 9.17) is 9.84 Å². The summed E-state index contributed by atoms with van der Waals surface area (Å²) in [4.78, 5) is 15.2. The van der Waals surface area contributed by atoms with Crippen LogP contribution in [0.3, 0.4) is 0 Å². The van der Waals surface area contributed by atoms with Crippen molar-refractivity contribution in [2.45, 2.75) is 6.54 Å². The fourth-order valence-electron chi connectivity index (χ4n) is 1.90. The van der Waals surface area contributed by atoms with Gasteiger partial charge in [0.25, 0.3) is 0 Å². The summed E-state index contributed by atoms with van der Waals surface area (Å²) in [6.45, 7) is 1.26. The van der Waals surface area contributed by atoms with Gasteiger partial charge in [0.2, 0.25) is 0 Å². The minimum Gasteiger partial charge on any atom is -0.492 e. The average Bonchev–Trinajstić information content (AvgIpc) is 3.06. The Kier molecular flexibility index (Phi) is 4.82. The normalized spacial score (nSPS) is 10.3. The fraction of sp³-hybridized carbons (Fsp3) is 0.143. The number of aromatic carboxylic acids is 1. The van der Waals surface area contributed by atoms with Crippen molar-refractivity contribution in [3.8, 4) is 5.75 Å². The van der Waals surface area contributed by atoms with Crippen molar-refractivity contribution < 1.29 is 14.6 Å². The van der Waals surface area contributed by atoms with Crippen LogP contribution in [0.4, 0.5) is 0 Å². The number of imidazole rings is 1. The number of carboxylic acids is 1. The van der Waals surface area contributed by atoms with Crippen molar-refractivity contribution in [3.05, 3.63) is 47.9 Å². The second-order valence-electron chi connectivity index (χ2n) is 4.26. The van der Waals surface area contributed by atoms with Crippen molar-refractivity contribution >= 4 is 39.8 Å². The molecule has 3 aromatic rings. The van der Waals surface area contributed by atoms with E-state index in [1.165, 1.54) is 11.3 Å². The van der Waals surface area contributed by atoms with Crippen LogP contribution >= 0.6 is 23.7 Å². The number of aromatic nitrogens is 2. The van der Waals surface area contributed by atoms with Gasteiger partial charge in [-0.1, -0.05) is 0 Å². The molecule has 0 radical (unpaired) electrons. The molecule has 3 rings (SSSR count). The zero-order chi connectivity index (χ0) is 13.9. The molecular formula is C14H13ClN2O3S. The number of rotatable bonds is 5. The summed E-state index contributed by atoms with van der Waals surface area (Å²) in [7, 11) is 0. The van der Waals surface area contributed by atoms with E-state index in [2.05, 4.69) is 4.98 Å². The number of hydrogen-bond acceptors (Lipinski definition) is 4. The Morgan fingerprint density at radius 2 is 2.24 bits per heavy atom. The first kappa shape index (κ1) is 15.3. The SMILES string of the molecule is Cl.O=C(O)c1cc2cc(OCCn3ccnc3)ccc2s1. The molecule has 0 saturated heterocycles. The average molecular weight is 325 g/mol. The molecule has 2 heterocycles. The molecule has 5 nitrogen and oxygen atoms in total. The molecule has 0 amide bonds. The third kappa shape index (κ3) is 3.53. The Morgan fingerprint density at radius 1 is 1.38 bits per heavy atom. The second-order valence-corrected chi connectivity index (χ2v) is 5.35. The van der Waals surface area contributed by atoms with Gasteiger partial charge in [0.1, 0.15) is 17.2 Å². The summed E-state index contributed by atoms with van der Waals surface area (Å²) in [5, 5.41) is 9.87. The molecule has 1 aromatic carbocycles. The molecule has 0 bridgehead atoms. The van der Waals surface area contributed by atoms with Crippen molar-refractivity contribution in [2.75, 3.05) is 6.61 Å². The highest BCUT2D eigenvalue weighted by molar-refractivity contribution is 7.20. The van der Waals surface area contributed by atoms with E-state index < -0.39 is 5.97 Å². The number of halogens is 1. The molecule has 0 fully saturated rings. The predicted octanol–water partition coefficient (Wildman–Crippen LogP) is 3.30. The molecule has 0 saturated carbocycles. The number of hydrogen-bond donors (Lipinski definition) is 1. The first-order valence-electron chi connectivity index (χ1n) is 6.08. The Labute approximate surface area is 131 Å². The minimum atomic E-state index is -0.895. The maximum Gasteiger partial charge on any atom is 0.345 e. The van der Waals surface area contributed by atoms with E-state index in [-0.39, 0.29) is 12.4 Å². The highest BCUT2D eigenvalue weighted by atomic mass is 35.5. The summed E-state index contributed by atoms with van der Waals surface area (Å²) in [6, 6.07) is 7.29. The largest absolute Gasteiger partial charge is 0.492 e. The second kappa shape index (κ2) is 6.60. The van der Waals surface area contributed by atoms with E-state index in [9.17, 15) is 4.79 Å². The third-order valence-electron chi connectivity index (χ3n) is 2.88. The first-order valence-corrected chi connectivity index (χ1v) is 6.89. The van der Waals surface area contributed by atoms with Crippen LogP contribution < -0.4 is 4.74 Å². The number of carboxylic acid groups (broad SMARTS) is 1. The van der Waals surface area contributed by atoms with Crippen molar-refractivity contribution in [3.63, 3.8) is 0 Å². The van der Waals surface area contributed by atoms with Gasteiger partial charge in [-0.3, -0.25) is 0 Å². The third-order valence-corrected chi connectivity index (χ3v) is 3.98. The molecule has 0 spiro atoms. The molecule has 0 atom stereocenters. The Bertz CT molecular complexity index is 740. The molecular weight excluding hydrogens is 312 g/mol. The summed E-state index contributed by atoms with van der Waals surface area (Å²) in [5.74, 6) is -0.152. The van der Waals surface area contributed by atoms with E-state index in [0.29, 0.717) is 11.5 Å². The van der Waals surface area contributed by atoms with Gasteiger partial charge in [-0.25, -0.2) is 9.78 Å². The number of benzene rings is 1. The number of fused-ring (bicyclic) bond motifs is 1. The topological polar surface area (TPSA) is 64.3 Å². The van der Waals surface area contributed by atoms with Gasteiger partial charge >= 0.3 is 5.97 Å². The molecule has 0 aliphatic heterocycles. The lowest BCUT2D eigenvalue weighted by Crippen LogP contribution is -2.06. The molecule has 0 unspecified atom stereocenters. The number of carbonyl (C=O) groups is 1. The smallest absolute Gasteiger partial charge is 0.345 e. The van der Waals surface area contributed by atoms with Gasteiger partial charge < -0.3 is 14.4 Å². The van der Waals surface area contributed by atoms with Crippen LogP contribution in [0.2, 0.25) is 0 Å². The molecule has 2 aromatic heterocycles. The summed E-state index contributed by atoms with van der Waals surface area (Å²) in [5.41, 5.74) is 0. The molecule has 0 aliphatic carbocycles. The van der Waals surface area contributed by atoms with E-state index in [0.717, 1.165) is 22.4 Å². The molecule has 110 valence electrons. The van der Waals surface area contributed by atoms with E-state index >= 15 is 0 Å². The number of ether oxygens (including phenoxy) is 1. The molecule has 21 heavy (non-hydrogen) atoms. The van der Waals surface area contributed by atoms with Crippen molar-refractivity contribution in [2.24, 2.45) is 0 Å². The maximum atomic E-state index is 10.9. The van der Waals surface area contributed by atoms with Crippen LogP contribution in [-0.2, 0) is 6.54 Å². The number of thiophene rings is 1. The quantitative estimate of drug-likeness (QED) is 0.782. The summed E-state index contributed by atoms with van der Waals surface area (Å²) < 4.78 is 8.55. The van der Waals surface area contributed by atoms with Crippen LogP contribution in [0.5, 0.6) is 5.75 Å². The first-order chi connectivity index (χ1) is 9.72. The van der Waals surface area contributed by atoms with Gasteiger partial charge in [0.05, 0.1) is 12.9 Å². The van der Waals surface area contributed by atoms with Crippen LogP contribution in [0, 0.1) is 0 Å². The zero-order valence-corrected chi connectivity index (χ0v) is 12.6. The lowest BCUT2D eigenvalue weighted by molar-refractivity contribution is 0.0702. The lowest BCUT2D eigenvalue weighted by atomic mass is 10.2. The standard InChI is InChI=1S/C14H12N2O3S.ClH/c17-14(18)13-8-10-7-11(1-2-12(10)20-13)19-6-5-16-4-3-15-9-16;/h1-4,7-9H,5-6H2,(H,17,18);1H. The summed E-state index contributed by atoms with van der Waals surface area (Å²) in [6.07, 6.45) is 5.35. The monoisotopic (exact) mass is 324 g/mol. The van der Waals surface area contributed by atoms with Crippen molar-refractivity contribution in [1.29, 1.82) is 0 Å². The van der Waals surface area contributed by atoms with Gasteiger partial charge in [0, 0.05) is 17.1 Å².